The summed E-state index contributed by atoms with van der Waals surface area (Å²) in [4.78, 5) is 24.2. The molecule has 0 atom stereocenters. The smallest absolute Gasteiger partial charge is 0.305 e. The highest BCUT2D eigenvalue weighted by atomic mass is 16.5. The minimum Gasteiger partial charge on any atom is -0.460 e. The number of rotatable bonds is 30. The van der Waals surface area contributed by atoms with Gasteiger partial charge in [0.1, 0.15) is 26.3 Å². The standard InChI is InChI=1S/C36H72N2O4/c1-7-9-11-13-15-17-19-21-23-27-35(39)41-33-31-37(3,4)29-25-26-30-38(5,6)32-34-42-36(40)28-24-22-20-18-16-14-12-10-8-2/h25-26H,7-24,27-34H2,1-6H3/q+2/b26-25-. The summed E-state index contributed by atoms with van der Waals surface area (Å²) in [7, 11) is 8.69. The molecule has 0 saturated heterocycles. The number of esters is 2. The first-order chi connectivity index (χ1) is 20.1. The molecule has 0 aliphatic carbocycles. The molecular formula is C36H72N2O4+2. The average Bonchev–Trinajstić information content (AvgIpc) is 2.93. The zero-order valence-electron chi connectivity index (χ0n) is 29.1. The summed E-state index contributed by atoms with van der Waals surface area (Å²) in [6.07, 6.45) is 28.1. The first kappa shape index (κ1) is 40.6. The van der Waals surface area contributed by atoms with E-state index in [1.807, 2.05) is 0 Å². The molecule has 0 spiro atoms. The number of quaternary nitrogens is 2. The second-order valence-corrected chi connectivity index (χ2v) is 13.8. The summed E-state index contributed by atoms with van der Waals surface area (Å²) in [5, 5.41) is 0. The number of carbonyl (C=O) groups is 2. The van der Waals surface area contributed by atoms with Crippen molar-refractivity contribution in [3.05, 3.63) is 12.2 Å². The molecule has 0 aliphatic rings. The highest BCUT2D eigenvalue weighted by molar-refractivity contribution is 5.69. The first-order valence-corrected chi connectivity index (χ1v) is 17.7. The SMILES string of the molecule is CCCCCCCCCCCC(=O)OCC[N+](C)(C)C/C=C\C[N+](C)(C)CCOC(=O)CCCCCCCCCCC. The molecule has 6 heteroatoms. The molecule has 0 saturated carbocycles. The van der Waals surface area contributed by atoms with E-state index < -0.39 is 0 Å². The van der Waals surface area contributed by atoms with Gasteiger partial charge in [-0.2, -0.15) is 0 Å². The van der Waals surface area contributed by atoms with Gasteiger partial charge < -0.3 is 18.4 Å². The van der Waals surface area contributed by atoms with E-state index in [0.29, 0.717) is 26.1 Å². The van der Waals surface area contributed by atoms with Crippen LogP contribution in [0.4, 0.5) is 0 Å². The van der Waals surface area contributed by atoms with E-state index in [0.717, 1.165) is 60.8 Å². The molecule has 42 heavy (non-hydrogen) atoms. The van der Waals surface area contributed by atoms with Gasteiger partial charge in [0.05, 0.1) is 41.3 Å². The van der Waals surface area contributed by atoms with Crippen LogP contribution >= 0.6 is 0 Å². The van der Waals surface area contributed by atoms with Crippen molar-refractivity contribution < 1.29 is 28.0 Å². The van der Waals surface area contributed by atoms with Crippen molar-refractivity contribution in [1.29, 1.82) is 0 Å². The topological polar surface area (TPSA) is 52.6 Å². The van der Waals surface area contributed by atoms with Crippen LogP contribution in [0.15, 0.2) is 12.2 Å². The Hall–Kier alpha value is -1.40. The summed E-state index contributed by atoms with van der Waals surface area (Å²) in [6, 6.07) is 0. The minimum atomic E-state index is -0.0543. The van der Waals surface area contributed by atoms with Crippen molar-refractivity contribution in [1.82, 2.24) is 0 Å². The molecule has 0 amide bonds. The third-order valence-electron chi connectivity index (χ3n) is 8.25. The van der Waals surface area contributed by atoms with Crippen LogP contribution in [0.3, 0.4) is 0 Å². The summed E-state index contributed by atoms with van der Waals surface area (Å²) in [6.45, 7) is 8.85. The summed E-state index contributed by atoms with van der Waals surface area (Å²) >= 11 is 0. The fourth-order valence-electron chi connectivity index (χ4n) is 5.02. The highest BCUT2D eigenvalue weighted by Crippen LogP contribution is 2.12. The highest BCUT2D eigenvalue weighted by Gasteiger charge is 2.16. The van der Waals surface area contributed by atoms with Gasteiger partial charge >= 0.3 is 11.9 Å². The molecule has 0 aliphatic heterocycles. The number of carbonyl (C=O) groups excluding carboxylic acids is 2. The maximum absolute atomic E-state index is 12.1. The molecule has 6 nitrogen and oxygen atoms in total. The zero-order valence-corrected chi connectivity index (χ0v) is 29.1. The van der Waals surface area contributed by atoms with E-state index in [2.05, 4.69) is 54.2 Å². The monoisotopic (exact) mass is 597 g/mol. The van der Waals surface area contributed by atoms with E-state index >= 15 is 0 Å². The molecule has 0 aromatic heterocycles. The molecule has 0 rings (SSSR count). The Kier molecular flexibility index (Phi) is 26.3. The lowest BCUT2D eigenvalue weighted by Crippen LogP contribution is -2.44. The number of likely N-dealkylation sites (N-methyl/N-ethyl adjacent to an activating group) is 2. The molecule has 0 fully saturated rings. The van der Waals surface area contributed by atoms with Gasteiger partial charge in [-0.1, -0.05) is 117 Å². The van der Waals surface area contributed by atoms with Gasteiger partial charge in [0.2, 0.25) is 0 Å². The van der Waals surface area contributed by atoms with Crippen molar-refractivity contribution in [3.63, 3.8) is 0 Å². The third kappa shape index (κ3) is 28.7. The van der Waals surface area contributed by atoms with E-state index in [1.165, 1.54) is 89.9 Å². The quantitative estimate of drug-likeness (QED) is 0.0360. The van der Waals surface area contributed by atoms with Crippen LogP contribution in [0.2, 0.25) is 0 Å². The molecule has 248 valence electrons. The second-order valence-electron chi connectivity index (χ2n) is 13.8. The summed E-state index contributed by atoms with van der Waals surface area (Å²) < 4.78 is 12.6. The molecule has 0 aromatic rings. The third-order valence-corrected chi connectivity index (χ3v) is 8.25. The Morgan fingerprint density at radius 1 is 0.476 bits per heavy atom. The predicted octanol–water partition coefficient (Wildman–Crippen LogP) is 8.62. The Balaban J connectivity index is 3.84. The molecule has 0 aromatic carbocycles. The van der Waals surface area contributed by atoms with Crippen LogP contribution in [0.25, 0.3) is 0 Å². The van der Waals surface area contributed by atoms with E-state index in [4.69, 9.17) is 9.47 Å². The van der Waals surface area contributed by atoms with Gasteiger partial charge in [0.25, 0.3) is 0 Å². The van der Waals surface area contributed by atoms with Crippen LogP contribution in [-0.4, -0.2) is 88.5 Å². The van der Waals surface area contributed by atoms with Gasteiger partial charge in [-0.25, -0.2) is 0 Å². The molecule has 0 heterocycles. The zero-order chi connectivity index (χ0) is 31.4. The molecule has 0 radical (unpaired) electrons. The van der Waals surface area contributed by atoms with Crippen LogP contribution in [-0.2, 0) is 19.1 Å². The largest absolute Gasteiger partial charge is 0.460 e. The maximum atomic E-state index is 12.1. The Morgan fingerprint density at radius 2 is 0.762 bits per heavy atom. The lowest BCUT2D eigenvalue weighted by atomic mass is 10.1. The number of hydrogen-bond acceptors (Lipinski definition) is 4. The Morgan fingerprint density at radius 3 is 1.07 bits per heavy atom. The lowest BCUT2D eigenvalue weighted by Gasteiger charge is -2.29. The Labute approximate surface area is 261 Å². The average molecular weight is 597 g/mol. The van der Waals surface area contributed by atoms with Crippen LogP contribution in [0.5, 0.6) is 0 Å². The second kappa shape index (κ2) is 27.2. The first-order valence-electron chi connectivity index (χ1n) is 17.7. The van der Waals surface area contributed by atoms with Crippen molar-refractivity contribution in [2.24, 2.45) is 0 Å². The van der Waals surface area contributed by atoms with E-state index in [1.54, 1.807) is 0 Å². The predicted molar refractivity (Wildman–Crippen MR) is 178 cm³/mol. The van der Waals surface area contributed by atoms with Gasteiger partial charge in [0, 0.05) is 12.8 Å². The van der Waals surface area contributed by atoms with E-state index in [-0.39, 0.29) is 11.9 Å². The van der Waals surface area contributed by atoms with Gasteiger partial charge in [0.15, 0.2) is 0 Å². The number of hydrogen-bond donors (Lipinski definition) is 0. The minimum absolute atomic E-state index is 0.0543. The molecule has 0 N–H and O–H groups in total. The Bertz CT molecular complexity index is 619. The van der Waals surface area contributed by atoms with Crippen LogP contribution < -0.4 is 0 Å². The fourth-order valence-corrected chi connectivity index (χ4v) is 5.02. The van der Waals surface area contributed by atoms with Crippen molar-refractivity contribution in [2.45, 2.75) is 142 Å². The van der Waals surface area contributed by atoms with Crippen LogP contribution in [0.1, 0.15) is 142 Å². The number of ether oxygens (including phenoxy) is 2. The van der Waals surface area contributed by atoms with E-state index in [9.17, 15) is 9.59 Å². The number of nitrogens with zero attached hydrogens (tertiary/aromatic N) is 2. The maximum Gasteiger partial charge on any atom is 0.305 e. The van der Waals surface area contributed by atoms with Crippen molar-refractivity contribution in [3.8, 4) is 0 Å². The van der Waals surface area contributed by atoms with Gasteiger partial charge in [-0.05, 0) is 25.0 Å². The van der Waals surface area contributed by atoms with Crippen molar-refractivity contribution >= 4 is 11.9 Å². The van der Waals surface area contributed by atoms with Crippen LogP contribution in [0, 0.1) is 0 Å². The summed E-state index contributed by atoms with van der Waals surface area (Å²) in [5.41, 5.74) is 0. The molecular weight excluding hydrogens is 524 g/mol. The molecule has 0 bridgehead atoms. The molecule has 0 unspecified atom stereocenters. The number of unbranched alkanes of at least 4 members (excludes halogenated alkanes) is 16. The summed E-state index contributed by atoms with van der Waals surface area (Å²) in [5.74, 6) is -0.109. The fraction of sp³-hybridized carbons (Fsp3) is 0.889. The van der Waals surface area contributed by atoms with Crippen molar-refractivity contribution in [2.75, 3.05) is 67.6 Å². The normalized spacial score (nSPS) is 12.2. The van der Waals surface area contributed by atoms with Gasteiger partial charge in [-0.15, -0.1) is 0 Å². The lowest BCUT2D eigenvalue weighted by molar-refractivity contribution is -0.887. The van der Waals surface area contributed by atoms with Gasteiger partial charge in [-0.3, -0.25) is 9.59 Å².